The van der Waals surface area contributed by atoms with Gasteiger partial charge in [0.2, 0.25) is 0 Å². The van der Waals surface area contributed by atoms with Gasteiger partial charge >= 0.3 is 12.0 Å². The van der Waals surface area contributed by atoms with Crippen molar-refractivity contribution in [2.24, 2.45) is 0 Å². The van der Waals surface area contributed by atoms with Crippen molar-refractivity contribution in [3.63, 3.8) is 0 Å². The number of rotatable bonds is 5. The summed E-state index contributed by atoms with van der Waals surface area (Å²) < 4.78 is 5.07. The first-order valence-electron chi connectivity index (χ1n) is 9.71. The summed E-state index contributed by atoms with van der Waals surface area (Å²) in [5.41, 5.74) is 2.13. The molecule has 1 saturated heterocycles. The van der Waals surface area contributed by atoms with Crippen LogP contribution >= 0.6 is 0 Å². The van der Waals surface area contributed by atoms with Gasteiger partial charge in [0, 0.05) is 32.2 Å². The largest absolute Gasteiger partial charge is 0.462 e. The van der Waals surface area contributed by atoms with E-state index in [1.807, 2.05) is 6.07 Å². The van der Waals surface area contributed by atoms with Gasteiger partial charge in [-0.05, 0) is 31.5 Å². The first-order valence-corrected chi connectivity index (χ1v) is 9.71. The predicted molar refractivity (Wildman–Crippen MR) is 109 cm³/mol. The summed E-state index contributed by atoms with van der Waals surface area (Å²) >= 11 is 0. The zero-order chi connectivity index (χ0) is 19.9. The first-order chi connectivity index (χ1) is 13.6. The molecule has 2 aromatic carbocycles. The zero-order valence-corrected chi connectivity index (χ0v) is 16.4. The van der Waals surface area contributed by atoms with Gasteiger partial charge in [0.25, 0.3) is 0 Å². The van der Waals surface area contributed by atoms with E-state index < -0.39 is 5.97 Å². The quantitative estimate of drug-likeness (QED) is 0.801. The number of urea groups is 1. The molecule has 0 bridgehead atoms. The van der Waals surface area contributed by atoms with Gasteiger partial charge in [-0.3, -0.25) is 4.90 Å². The number of carbonyl (C=O) groups excluding carboxylic acids is 2. The fourth-order valence-electron chi connectivity index (χ4n) is 3.43. The minimum Gasteiger partial charge on any atom is -0.462 e. The van der Waals surface area contributed by atoms with E-state index in [1.165, 1.54) is 5.56 Å². The van der Waals surface area contributed by atoms with Crippen LogP contribution in [-0.4, -0.2) is 54.6 Å². The number of nitrogens with zero attached hydrogens (tertiary/aromatic N) is 2. The Morgan fingerprint density at radius 3 is 2.32 bits per heavy atom. The summed E-state index contributed by atoms with van der Waals surface area (Å²) in [6, 6.07) is 17.4. The Bertz CT molecular complexity index is 802. The van der Waals surface area contributed by atoms with Crippen molar-refractivity contribution < 1.29 is 14.3 Å². The van der Waals surface area contributed by atoms with Gasteiger partial charge in [-0.15, -0.1) is 0 Å². The second-order valence-electron chi connectivity index (χ2n) is 6.81. The van der Waals surface area contributed by atoms with Crippen molar-refractivity contribution in [2.75, 3.05) is 38.1 Å². The van der Waals surface area contributed by atoms with Crippen LogP contribution in [0.15, 0.2) is 54.6 Å². The summed E-state index contributed by atoms with van der Waals surface area (Å²) in [5, 5.41) is 2.86. The summed E-state index contributed by atoms with van der Waals surface area (Å²) in [6.07, 6.45) is 0. The number of benzene rings is 2. The standard InChI is InChI=1S/C22H27N3O3/c1-3-28-21(26)19-11-7-8-12-20(19)23-22(27)25-15-13-24(14-16-25)17(2)18-9-5-4-6-10-18/h4-12,17H,3,13-16H2,1-2H3,(H,23,27). The van der Waals surface area contributed by atoms with Crippen LogP contribution in [0.25, 0.3) is 0 Å². The number of ether oxygens (including phenoxy) is 1. The van der Waals surface area contributed by atoms with Gasteiger partial charge in [-0.2, -0.15) is 0 Å². The number of amides is 2. The molecule has 2 aromatic rings. The van der Waals surface area contributed by atoms with Crippen LogP contribution in [0.5, 0.6) is 0 Å². The molecule has 0 aliphatic carbocycles. The van der Waals surface area contributed by atoms with Crippen molar-refractivity contribution in [1.29, 1.82) is 0 Å². The van der Waals surface area contributed by atoms with Crippen LogP contribution in [-0.2, 0) is 4.74 Å². The molecule has 0 spiro atoms. The molecule has 2 amide bonds. The minimum absolute atomic E-state index is 0.191. The Labute approximate surface area is 166 Å². The van der Waals surface area contributed by atoms with Gasteiger partial charge in [0.05, 0.1) is 17.9 Å². The van der Waals surface area contributed by atoms with Crippen LogP contribution in [0, 0.1) is 0 Å². The van der Waals surface area contributed by atoms with Gasteiger partial charge in [0.1, 0.15) is 0 Å². The third kappa shape index (κ3) is 4.70. The predicted octanol–water partition coefficient (Wildman–Crippen LogP) is 3.77. The topological polar surface area (TPSA) is 61.9 Å². The molecular weight excluding hydrogens is 354 g/mol. The second-order valence-corrected chi connectivity index (χ2v) is 6.81. The molecule has 1 N–H and O–H groups in total. The molecule has 0 saturated carbocycles. The molecule has 0 radical (unpaired) electrons. The summed E-state index contributed by atoms with van der Waals surface area (Å²) in [6.45, 7) is 7.15. The summed E-state index contributed by atoms with van der Waals surface area (Å²) in [4.78, 5) is 28.9. The Morgan fingerprint density at radius 1 is 1.00 bits per heavy atom. The highest BCUT2D eigenvalue weighted by Gasteiger charge is 2.25. The fraction of sp³-hybridized carbons (Fsp3) is 0.364. The summed E-state index contributed by atoms with van der Waals surface area (Å²) in [7, 11) is 0. The van der Waals surface area contributed by atoms with E-state index in [0.29, 0.717) is 37.0 Å². The van der Waals surface area contributed by atoms with Gasteiger partial charge < -0.3 is 15.0 Å². The molecule has 6 heteroatoms. The fourth-order valence-corrected chi connectivity index (χ4v) is 3.43. The van der Waals surface area contributed by atoms with Crippen molar-refractivity contribution >= 4 is 17.7 Å². The molecule has 1 aliphatic rings. The molecule has 1 fully saturated rings. The summed E-state index contributed by atoms with van der Waals surface area (Å²) in [5.74, 6) is -0.431. The number of piperazine rings is 1. The van der Waals surface area contributed by atoms with E-state index in [0.717, 1.165) is 13.1 Å². The molecule has 0 aromatic heterocycles. The van der Waals surface area contributed by atoms with Crippen molar-refractivity contribution in [2.45, 2.75) is 19.9 Å². The third-order valence-electron chi connectivity index (χ3n) is 5.10. The Balaban J connectivity index is 1.58. The third-order valence-corrected chi connectivity index (χ3v) is 5.10. The van der Waals surface area contributed by atoms with Crippen molar-refractivity contribution in [3.8, 4) is 0 Å². The van der Waals surface area contributed by atoms with E-state index >= 15 is 0 Å². The Kier molecular flexibility index (Phi) is 6.66. The van der Waals surface area contributed by atoms with Crippen molar-refractivity contribution in [1.82, 2.24) is 9.80 Å². The highest BCUT2D eigenvalue weighted by molar-refractivity contribution is 6.00. The molecule has 148 valence electrons. The number of nitrogens with one attached hydrogen (secondary N) is 1. The van der Waals surface area contributed by atoms with Gasteiger partial charge in [0.15, 0.2) is 0 Å². The molecule has 3 rings (SSSR count). The van der Waals surface area contributed by atoms with Crippen LogP contribution in [0.4, 0.5) is 10.5 Å². The smallest absolute Gasteiger partial charge is 0.340 e. The van der Waals surface area contributed by atoms with E-state index in [2.05, 4.69) is 41.4 Å². The molecular formula is C22H27N3O3. The number of hydrogen-bond acceptors (Lipinski definition) is 4. The maximum atomic E-state index is 12.7. The Morgan fingerprint density at radius 2 is 1.64 bits per heavy atom. The molecule has 1 atom stereocenters. The lowest BCUT2D eigenvalue weighted by molar-refractivity contribution is 0.0527. The van der Waals surface area contributed by atoms with Gasteiger partial charge in [-0.25, -0.2) is 9.59 Å². The number of hydrogen-bond donors (Lipinski definition) is 1. The highest BCUT2D eigenvalue weighted by Crippen LogP contribution is 2.22. The lowest BCUT2D eigenvalue weighted by Crippen LogP contribution is -2.50. The first kappa shape index (κ1) is 19.9. The Hall–Kier alpha value is -2.86. The number of para-hydroxylation sites is 1. The van der Waals surface area contributed by atoms with E-state index in [9.17, 15) is 9.59 Å². The molecule has 1 heterocycles. The van der Waals surface area contributed by atoms with Crippen molar-refractivity contribution in [3.05, 3.63) is 65.7 Å². The average molecular weight is 381 g/mol. The van der Waals surface area contributed by atoms with Gasteiger partial charge in [-0.1, -0.05) is 42.5 Å². The number of carbonyl (C=O) groups is 2. The average Bonchev–Trinajstić information content (AvgIpc) is 2.74. The number of esters is 1. The lowest BCUT2D eigenvalue weighted by atomic mass is 10.1. The van der Waals surface area contributed by atoms with Crippen LogP contribution in [0.3, 0.4) is 0 Å². The molecule has 28 heavy (non-hydrogen) atoms. The van der Waals surface area contributed by atoms with Crippen LogP contribution in [0.1, 0.15) is 35.8 Å². The highest BCUT2D eigenvalue weighted by atomic mass is 16.5. The SMILES string of the molecule is CCOC(=O)c1ccccc1NC(=O)N1CCN(C(C)c2ccccc2)CC1. The molecule has 1 unspecified atom stereocenters. The molecule has 1 aliphatic heterocycles. The maximum absolute atomic E-state index is 12.7. The van der Waals surface area contributed by atoms with E-state index in [1.54, 1.807) is 36.1 Å². The monoisotopic (exact) mass is 381 g/mol. The van der Waals surface area contributed by atoms with Crippen LogP contribution < -0.4 is 5.32 Å². The van der Waals surface area contributed by atoms with E-state index in [4.69, 9.17) is 4.74 Å². The molecule has 6 nitrogen and oxygen atoms in total. The maximum Gasteiger partial charge on any atom is 0.340 e. The normalized spacial score (nSPS) is 15.7. The zero-order valence-electron chi connectivity index (χ0n) is 16.4. The number of anilines is 1. The second kappa shape index (κ2) is 9.37. The van der Waals surface area contributed by atoms with E-state index in [-0.39, 0.29) is 6.03 Å². The minimum atomic E-state index is -0.431. The lowest BCUT2D eigenvalue weighted by Gasteiger charge is -2.38. The van der Waals surface area contributed by atoms with Crippen LogP contribution in [0.2, 0.25) is 0 Å².